The van der Waals surface area contributed by atoms with E-state index in [-0.39, 0.29) is 0 Å². The monoisotopic (exact) mass is 259 g/mol. The van der Waals surface area contributed by atoms with E-state index in [0.29, 0.717) is 6.61 Å². The Hall–Kier alpha value is -1.81. The molecule has 2 rings (SSSR count). The maximum absolute atomic E-state index is 5.21. The predicted octanol–water partition coefficient (Wildman–Crippen LogP) is 3.05. The average Bonchev–Trinajstić information content (AvgIpc) is 2.86. The van der Waals surface area contributed by atoms with Gasteiger partial charge in [0.15, 0.2) is 0 Å². The van der Waals surface area contributed by atoms with Crippen molar-refractivity contribution >= 4 is 5.69 Å². The Balaban J connectivity index is 2.03. The van der Waals surface area contributed by atoms with E-state index in [1.807, 2.05) is 23.0 Å². The van der Waals surface area contributed by atoms with Gasteiger partial charge in [0.25, 0.3) is 0 Å². The highest BCUT2D eigenvalue weighted by Crippen LogP contribution is 2.17. The van der Waals surface area contributed by atoms with Crippen LogP contribution in [0.5, 0.6) is 0 Å². The van der Waals surface area contributed by atoms with Crippen LogP contribution in [0.2, 0.25) is 0 Å². The number of nitrogens with zero attached hydrogens (tertiary/aromatic N) is 2. The molecule has 0 aliphatic carbocycles. The largest absolute Gasteiger partial charge is 0.380 e. The predicted molar refractivity (Wildman–Crippen MR) is 77.0 cm³/mol. The number of nitrogens with one attached hydrogen (secondary N) is 1. The van der Waals surface area contributed by atoms with Crippen molar-refractivity contribution in [3.05, 3.63) is 47.8 Å². The molecule has 0 aliphatic heterocycles. The minimum Gasteiger partial charge on any atom is -0.380 e. The molecule has 0 aliphatic rings. The van der Waals surface area contributed by atoms with Crippen molar-refractivity contribution in [1.29, 1.82) is 0 Å². The van der Waals surface area contributed by atoms with E-state index < -0.39 is 0 Å². The Morgan fingerprint density at radius 2 is 2.11 bits per heavy atom. The molecule has 1 aromatic carbocycles. The quantitative estimate of drug-likeness (QED) is 0.830. The molecule has 1 heterocycles. The van der Waals surface area contributed by atoms with Gasteiger partial charge < -0.3 is 10.1 Å². The fraction of sp³-hybridized carbons (Fsp3) is 0.400. The Labute approximate surface area is 114 Å². The lowest BCUT2D eigenvalue weighted by Crippen LogP contribution is -2.10. The molecule has 0 fully saturated rings. The van der Waals surface area contributed by atoms with Crippen molar-refractivity contribution < 1.29 is 4.74 Å². The molecule has 0 bridgehead atoms. The third kappa shape index (κ3) is 3.58. The first-order valence-corrected chi connectivity index (χ1v) is 6.66. The molecule has 0 radical (unpaired) electrons. The SMILES string of the molecule is CCCn1nccc1CNc1ccccc1COC. The normalized spacial score (nSPS) is 10.6. The number of ether oxygens (including phenoxy) is 1. The van der Waals surface area contributed by atoms with Crippen LogP contribution in [-0.4, -0.2) is 16.9 Å². The van der Waals surface area contributed by atoms with Crippen LogP contribution >= 0.6 is 0 Å². The van der Waals surface area contributed by atoms with Crippen LogP contribution in [-0.2, 0) is 24.4 Å². The summed E-state index contributed by atoms with van der Waals surface area (Å²) in [6.45, 7) is 4.52. The molecule has 0 atom stereocenters. The third-order valence-electron chi connectivity index (χ3n) is 3.02. The number of aromatic nitrogens is 2. The van der Waals surface area contributed by atoms with Crippen LogP contribution in [0.25, 0.3) is 0 Å². The van der Waals surface area contributed by atoms with E-state index >= 15 is 0 Å². The summed E-state index contributed by atoms with van der Waals surface area (Å²) in [5.74, 6) is 0. The molecule has 102 valence electrons. The van der Waals surface area contributed by atoms with Crippen molar-refractivity contribution in [2.24, 2.45) is 0 Å². The van der Waals surface area contributed by atoms with Gasteiger partial charge in [-0.1, -0.05) is 25.1 Å². The van der Waals surface area contributed by atoms with Crippen LogP contribution in [0.15, 0.2) is 36.5 Å². The summed E-state index contributed by atoms with van der Waals surface area (Å²) in [6.07, 6.45) is 2.95. The number of benzene rings is 1. The minimum absolute atomic E-state index is 0.622. The lowest BCUT2D eigenvalue weighted by atomic mass is 10.2. The summed E-state index contributed by atoms with van der Waals surface area (Å²) in [4.78, 5) is 0. The van der Waals surface area contributed by atoms with Crippen LogP contribution < -0.4 is 5.32 Å². The molecular weight excluding hydrogens is 238 g/mol. The van der Waals surface area contributed by atoms with Crippen molar-refractivity contribution in [3.8, 4) is 0 Å². The number of rotatable bonds is 7. The summed E-state index contributed by atoms with van der Waals surface area (Å²) in [5.41, 5.74) is 3.49. The number of hydrogen-bond acceptors (Lipinski definition) is 3. The second-order valence-electron chi connectivity index (χ2n) is 4.49. The second kappa shape index (κ2) is 6.95. The lowest BCUT2D eigenvalue weighted by Gasteiger charge is -2.12. The summed E-state index contributed by atoms with van der Waals surface area (Å²) >= 11 is 0. The molecule has 0 amide bonds. The Morgan fingerprint density at radius 3 is 2.89 bits per heavy atom. The van der Waals surface area contributed by atoms with Crippen molar-refractivity contribution in [3.63, 3.8) is 0 Å². The maximum Gasteiger partial charge on any atom is 0.0733 e. The molecule has 0 saturated heterocycles. The zero-order valence-corrected chi connectivity index (χ0v) is 11.6. The summed E-state index contributed by atoms with van der Waals surface area (Å²) in [5, 5.41) is 7.79. The molecule has 19 heavy (non-hydrogen) atoms. The summed E-state index contributed by atoms with van der Waals surface area (Å²) in [7, 11) is 1.72. The molecule has 4 heteroatoms. The number of anilines is 1. The van der Waals surface area contributed by atoms with E-state index in [2.05, 4.69) is 35.5 Å². The van der Waals surface area contributed by atoms with Gasteiger partial charge in [0.1, 0.15) is 0 Å². The third-order valence-corrected chi connectivity index (χ3v) is 3.02. The average molecular weight is 259 g/mol. The van der Waals surface area contributed by atoms with Crippen LogP contribution in [0.3, 0.4) is 0 Å². The van der Waals surface area contributed by atoms with Gasteiger partial charge in [-0.05, 0) is 18.6 Å². The summed E-state index contributed by atoms with van der Waals surface area (Å²) in [6, 6.07) is 10.3. The highest BCUT2D eigenvalue weighted by atomic mass is 16.5. The fourth-order valence-corrected chi connectivity index (χ4v) is 2.08. The Kier molecular flexibility index (Phi) is 4.98. The van der Waals surface area contributed by atoms with Crippen molar-refractivity contribution in [2.45, 2.75) is 33.0 Å². The van der Waals surface area contributed by atoms with Crippen molar-refractivity contribution in [2.75, 3.05) is 12.4 Å². The van der Waals surface area contributed by atoms with Gasteiger partial charge >= 0.3 is 0 Å². The van der Waals surface area contributed by atoms with Gasteiger partial charge in [-0.3, -0.25) is 4.68 Å². The van der Waals surface area contributed by atoms with E-state index in [1.54, 1.807) is 7.11 Å². The van der Waals surface area contributed by atoms with E-state index in [1.165, 1.54) is 11.3 Å². The number of aryl methyl sites for hydroxylation is 1. The Morgan fingerprint density at radius 1 is 1.26 bits per heavy atom. The summed E-state index contributed by atoms with van der Waals surface area (Å²) < 4.78 is 7.26. The van der Waals surface area contributed by atoms with Gasteiger partial charge in [-0.25, -0.2) is 0 Å². The zero-order chi connectivity index (χ0) is 13.5. The topological polar surface area (TPSA) is 39.1 Å². The smallest absolute Gasteiger partial charge is 0.0733 e. The Bertz CT molecular complexity index is 508. The molecule has 2 aromatic rings. The lowest BCUT2D eigenvalue weighted by molar-refractivity contribution is 0.185. The highest BCUT2D eigenvalue weighted by Gasteiger charge is 2.04. The van der Waals surface area contributed by atoms with Gasteiger partial charge in [0.2, 0.25) is 0 Å². The zero-order valence-electron chi connectivity index (χ0n) is 11.6. The first-order chi connectivity index (χ1) is 9.35. The van der Waals surface area contributed by atoms with E-state index in [0.717, 1.165) is 25.2 Å². The number of methoxy groups -OCH3 is 1. The van der Waals surface area contributed by atoms with Crippen molar-refractivity contribution in [1.82, 2.24) is 9.78 Å². The molecule has 0 spiro atoms. The minimum atomic E-state index is 0.622. The molecule has 0 saturated carbocycles. The van der Waals surface area contributed by atoms with Crippen LogP contribution in [0.1, 0.15) is 24.6 Å². The molecule has 0 unspecified atom stereocenters. The van der Waals surface area contributed by atoms with Crippen LogP contribution in [0, 0.1) is 0 Å². The van der Waals surface area contributed by atoms with Gasteiger partial charge in [0.05, 0.1) is 18.8 Å². The molecule has 1 N–H and O–H groups in total. The highest BCUT2D eigenvalue weighted by molar-refractivity contribution is 5.50. The first kappa shape index (κ1) is 13.6. The van der Waals surface area contributed by atoms with Gasteiger partial charge in [-0.2, -0.15) is 5.10 Å². The maximum atomic E-state index is 5.21. The number of para-hydroxylation sites is 1. The molecular formula is C15H21N3O. The van der Waals surface area contributed by atoms with Gasteiger partial charge in [0, 0.05) is 31.1 Å². The molecule has 1 aromatic heterocycles. The van der Waals surface area contributed by atoms with E-state index in [9.17, 15) is 0 Å². The first-order valence-electron chi connectivity index (χ1n) is 6.66. The van der Waals surface area contributed by atoms with Crippen LogP contribution in [0.4, 0.5) is 5.69 Å². The van der Waals surface area contributed by atoms with Gasteiger partial charge in [-0.15, -0.1) is 0 Å². The standard InChI is InChI=1S/C15H21N3O/c1-3-10-18-14(8-9-17-18)11-16-15-7-5-4-6-13(15)12-19-2/h4-9,16H,3,10-12H2,1-2H3. The number of hydrogen-bond donors (Lipinski definition) is 1. The second-order valence-corrected chi connectivity index (χ2v) is 4.49. The fourth-order valence-electron chi connectivity index (χ4n) is 2.08. The van der Waals surface area contributed by atoms with E-state index in [4.69, 9.17) is 4.74 Å². The molecule has 4 nitrogen and oxygen atoms in total.